The molecule has 0 saturated carbocycles. The highest BCUT2D eigenvalue weighted by Crippen LogP contribution is 2.24. The summed E-state index contributed by atoms with van der Waals surface area (Å²) in [6.07, 6.45) is -1.56. The molecule has 5 heteroatoms. The lowest BCUT2D eigenvalue weighted by Gasteiger charge is -2.19. The van der Waals surface area contributed by atoms with Crippen LogP contribution >= 0.6 is 0 Å². The third-order valence-electron chi connectivity index (χ3n) is 3.85. The van der Waals surface area contributed by atoms with E-state index in [1.807, 2.05) is 19.1 Å². The van der Waals surface area contributed by atoms with Crippen LogP contribution in [0.25, 0.3) is 0 Å². The van der Waals surface area contributed by atoms with E-state index in [1.165, 1.54) is 18.5 Å². The Kier molecular flexibility index (Phi) is 5.37. The van der Waals surface area contributed by atoms with Crippen LogP contribution in [0.1, 0.15) is 39.0 Å². The minimum absolute atomic E-state index is 0.0463. The van der Waals surface area contributed by atoms with Gasteiger partial charge in [-0.25, -0.2) is 0 Å². The number of halogens is 3. The van der Waals surface area contributed by atoms with Crippen LogP contribution < -0.4 is 10.2 Å². The fourth-order valence-electron chi connectivity index (χ4n) is 2.71. The fraction of sp³-hybridized carbons (Fsp3) is 0.625. The number of nitrogens with one attached hydrogen (secondary N) is 1. The Morgan fingerprint density at radius 3 is 2.33 bits per heavy atom. The first kappa shape index (κ1) is 16.0. The second kappa shape index (κ2) is 7.05. The SMILES string of the molecule is CC(CCCC(F)(F)F)Nc1ccc(N2CCCC2)cc1. The maximum Gasteiger partial charge on any atom is 0.389 e. The van der Waals surface area contributed by atoms with Gasteiger partial charge in [0.2, 0.25) is 0 Å². The van der Waals surface area contributed by atoms with Crippen molar-refractivity contribution in [3.05, 3.63) is 24.3 Å². The van der Waals surface area contributed by atoms with Gasteiger partial charge >= 0.3 is 6.18 Å². The van der Waals surface area contributed by atoms with Crippen LogP contribution in [0.15, 0.2) is 24.3 Å². The third kappa shape index (κ3) is 5.48. The molecule has 0 aliphatic carbocycles. The van der Waals surface area contributed by atoms with Gasteiger partial charge in [-0.2, -0.15) is 13.2 Å². The topological polar surface area (TPSA) is 15.3 Å². The Morgan fingerprint density at radius 2 is 1.76 bits per heavy atom. The normalized spacial score (nSPS) is 17.0. The van der Waals surface area contributed by atoms with Gasteiger partial charge in [0.15, 0.2) is 0 Å². The Bertz CT molecular complexity index is 422. The minimum atomic E-state index is -4.04. The predicted octanol–water partition coefficient (Wildman–Crippen LogP) is 4.82. The lowest BCUT2D eigenvalue weighted by Crippen LogP contribution is -2.18. The van der Waals surface area contributed by atoms with Gasteiger partial charge in [0, 0.05) is 36.9 Å². The van der Waals surface area contributed by atoms with Crippen LogP contribution in [0.5, 0.6) is 0 Å². The van der Waals surface area contributed by atoms with Crippen molar-refractivity contribution in [3.63, 3.8) is 0 Å². The van der Waals surface area contributed by atoms with Gasteiger partial charge in [-0.1, -0.05) is 0 Å². The third-order valence-corrected chi connectivity index (χ3v) is 3.85. The second-order valence-corrected chi connectivity index (χ2v) is 5.79. The quantitative estimate of drug-likeness (QED) is 0.810. The molecule has 118 valence electrons. The summed E-state index contributed by atoms with van der Waals surface area (Å²) in [4.78, 5) is 2.36. The number of benzene rings is 1. The molecule has 0 spiro atoms. The zero-order valence-electron chi connectivity index (χ0n) is 12.4. The van der Waals surface area contributed by atoms with Gasteiger partial charge in [0.05, 0.1) is 0 Å². The number of nitrogens with zero attached hydrogens (tertiary/aromatic N) is 1. The average Bonchev–Trinajstić information content (AvgIpc) is 2.92. The molecule has 2 rings (SSSR count). The van der Waals surface area contributed by atoms with Crippen molar-refractivity contribution in [2.75, 3.05) is 23.3 Å². The molecular formula is C16H23F3N2. The summed E-state index contributed by atoms with van der Waals surface area (Å²) in [5, 5.41) is 3.26. The van der Waals surface area contributed by atoms with E-state index in [2.05, 4.69) is 22.3 Å². The molecule has 1 saturated heterocycles. The van der Waals surface area contributed by atoms with E-state index < -0.39 is 12.6 Å². The van der Waals surface area contributed by atoms with E-state index in [0.717, 1.165) is 18.8 Å². The predicted molar refractivity (Wildman–Crippen MR) is 80.9 cm³/mol. The van der Waals surface area contributed by atoms with E-state index in [0.29, 0.717) is 6.42 Å². The zero-order chi connectivity index (χ0) is 15.3. The summed E-state index contributed by atoms with van der Waals surface area (Å²) in [6.45, 7) is 4.14. The Hall–Kier alpha value is -1.39. The van der Waals surface area contributed by atoms with Gasteiger partial charge in [-0.15, -0.1) is 0 Å². The second-order valence-electron chi connectivity index (χ2n) is 5.79. The highest BCUT2D eigenvalue weighted by Gasteiger charge is 2.26. The van der Waals surface area contributed by atoms with Crippen LogP contribution in [0.4, 0.5) is 24.5 Å². The molecule has 1 aromatic rings. The van der Waals surface area contributed by atoms with Crippen molar-refractivity contribution in [1.82, 2.24) is 0 Å². The standard InChI is InChI=1S/C16H23F3N2/c1-13(5-4-10-16(17,18)19)20-14-6-8-15(9-7-14)21-11-2-3-12-21/h6-9,13,20H,2-5,10-12H2,1H3. The Balaban J connectivity index is 1.77. The number of hydrogen-bond acceptors (Lipinski definition) is 2. The summed E-state index contributed by atoms with van der Waals surface area (Å²) in [5.41, 5.74) is 2.19. The first-order chi connectivity index (χ1) is 9.94. The molecular weight excluding hydrogens is 277 g/mol. The van der Waals surface area contributed by atoms with Crippen molar-refractivity contribution >= 4 is 11.4 Å². The monoisotopic (exact) mass is 300 g/mol. The van der Waals surface area contributed by atoms with Crippen LogP contribution in [0, 0.1) is 0 Å². The number of anilines is 2. The molecule has 1 fully saturated rings. The van der Waals surface area contributed by atoms with Gasteiger partial charge < -0.3 is 10.2 Å². The highest BCUT2D eigenvalue weighted by atomic mass is 19.4. The van der Waals surface area contributed by atoms with Gasteiger partial charge in [0.1, 0.15) is 0 Å². The van der Waals surface area contributed by atoms with E-state index in [9.17, 15) is 13.2 Å². The summed E-state index contributed by atoms with van der Waals surface area (Å²) >= 11 is 0. The maximum absolute atomic E-state index is 12.1. The van der Waals surface area contributed by atoms with E-state index in [-0.39, 0.29) is 12.5 Å². The number of alkyl halides is 3. The summed E-state index contributed by atoms with van der Waals surface area (Å²) in [5.74, 6) is 0. The Morgan fingerprint density at radius 1 is 1.14 bits per heavy atom. The first-order valence-electron chi connectivity index (χ1n) is 7.62. The van der Waals surface area contributed by atoms with Crippen molar-refractivity contribution in [3.8, 4) is 0 Å². The smallest absolute Gasteiger partial charge is 0.383 e. The molecule has 1 N–H and O–H groups in total. The molecule has 21 heavy (non-hydrogen) atoms. The summed E-state index contributed by atoms with van der Waals surface area (Å²) < 4.78 is 36.3. The molecule has 2 nitrogen and oxygen atoms in total. The van der Waals surface area contributed by atoms with Gasteiger partial charge in [-0.05, 0) is 56.9 Å². The maximum atomic E-state index is 12.1. The molecule has 1 atom stereocenters. The number of rotatable bonds is 6. The molecule has 0 amide bonds. The summed E-state index contributed by atoms with van der Waals surface area (Å²) in [7, 11) is 0. The van der Waals surface area contributed by atoms with E-state index in [4.69, 9.17) is 0 Å². The molecule has 1 aromatic carbocycles. The fourth-order valence-corrected chi connectivity index (χ4v) is 2.71. The molecule has 0 radical (unpaired) electrons. The Labute approximate surface area is 124 Å². The molecule has 0 aromatic heterocycles. The van der Waals surface area contributed by atoms with Crippen LogP contribution in [-0.2, 0) is 0 Å². The van der Waals surface area contributed by atoms with Crippen molar-refractivity contribution in [2.45, 2.75) is 51.2 Å². The minimum Gasteiger partial charge on any atom is -0.383 e. The lowest BCUT2D eigenvalue weighted by molar-refractivity contribution is -0.135. The molecule has 1 aliphatic heterocycles. The number of hydrogen-bond donors (Lipinski definition) is 1. The average molecular weight is 300 g/mol. The first-order valence-corrected chi connectivity index (χ1v) is 7.62. The van der Waals surface area contributed by atoms with Gasteiger partial charge in [-0.3, -0.25) is 0 Å². The summed E-state index contributed by atoms with van der Waals surface area (Å²) in [6, 6.07) is 8.22. The van der Waals surface area contributed by atoms with Crippen LogP contribution in [-0.4, -0.2) is 25.3 Å². The van der Waals surface area contributed by atoms with Crippen LogP contribution in [0.2, 0.25) is 0 Å². The van der Waals surface area contributed by atoms with Crippen LogP contribution in [0.3, 0.4) is 0 Å². The van der Waals surface area contributed by atoms with E-state index >= 15 is 0 Å². The highest BCUT2D eigenvalue weighted by molar-refractivity contribution is 5.55. The van der Waals surface area contributed by atoms with Crippen molar-refractivity contribution in [2.24, 2.45) is 0 Å². The largest absolute Gasteiger partial charge is 0.389 e. The van der Waals surface area contributed by atoms with Crippen molar-refractivity contribution in [1.29, 1.82) is 0 Å². The molecule has 1 heterocycles. The molecule has 1 unspecified atom stereocenters. The van der Waals surface area contributed by atoms with Gasteiger partial charge in [0.25, 0.3) is 0 Å². The lowest BCUT2D eigenvalue weighted by atomic mass is 10.1. The molecule has 0 bridgehead atoms. The van der Waals surface area contributed by atoms with E-state index in [1.54, 1.807) is 0 Å². The zero-order valence-corrected chi connectivity index (χ0v) is 12.4. The van der Waals surface area contributed by atoms with Crippen molar-refractivity contribution < 1.29 is 13.2 Å². The molecule has 1 aliphatic rings.